The number of carbonyl (C=O) groups excluding carboxylic acids is 1. The van der Waals surface area contributed by atoms with E-state index in [9.17, 15) is 18.7 Å². The lowest BCUT2D eigenvalue weighted by atomic mass is 9.81. The molecule has 6 heteroatoms. The third-order valence-corrected chi connectivity index (χ3v) is 6.12. The molecule has 2 aromatic rings. The van der Waals surface area contributed by atoms with Crippen LogP contribution in [0.2, 0.25) is 0 Å². The largest absolute Gasteiger partial charge is 0.387 e. The number of likely N-dealkylation sites (tertiary alicyclic amines) is 2. The Labute approximate surface area is 163 Å². The summed E-state index contributed by atoms with van der Waals surface area (Å²) in [5.41, 5.74) is 1.70. The fourth-order valence-electron chi connectivity index (χ4n) is 4.80. The molecule has 2 fully saturated rings. The number of rotatable bonds is 4. The SMILES string of the molecule is O=C(CO)N1CC[C@@H]2[C@H](C1)[C@@H](c1ccc(F)cc1F)CN2Cc1ccccc1. The van der Waals surface area contributed by atoms with Crippen molar-refractivity contribution in [2.24, 2.45) is 5.92 Å². The van der Waals surface area contributed by atoms with Gasteiger partial charge in [0.1, 0.15) is 18.2 Å². The topological polar surface area (TPSA) is 43.8 Å². The van der Waals surface area contributed by atoms with Gasteiger partial charge >= 0.3 is 0 Å². The van der Waals surface area contributed by atoms with E-state index in [4.69, 9.17) is 0 Å². The van der Waals surface area contributed by atoms with Gasteiger partial charge in [0, 0.05) is 50.1 Å². The summed E-state index contributed by atoms with van der Waals surface area (Å²) in [4.78, 5) is 16.0. The van der Waals surface area contributed by atoms with Crippen LogP contribution in [0, 0.1) is 17.6 Å². The molecule has 2 heterocycles. The monoisotopic (exact) mass is 386 g/mol. The average molecular weight is 386 g/mol. The van der Waals surface area contributed by atoms with E-state index in [0.29, 0.717) is 25.2 Å². The number of aliphatic hydroxyl groups is 1. The molecule has 4 rings (SSSR count). The Hall–Kier alpha value is -2.31. The summed E-state index contributed by atoms with van der Waals surface area (Å²) < 4.78 is 28.0. The minimum Gasteiger partial charge on any atom is -0.387 e. The third kappa shape index (κ3) is 3.66. The van der Waals surface area contributed by atoms with Gasteiger partial charge in [0.25, 0.3) is 0 Å². The van der Waals surface area contributed by atoms with Crippen molar-refractivity contribution in [1.82, 2.24) is 9.80 Å². The lowest BCUT2D eigenvalue weighted by molar-refractivity contribution is -0.136. The lowest BCUT2D eigenvalue weighted by Gasteiger charge is -2.39. The van der Waals surface area contributed by atoms with E-state index in [1.807, 2.05) is 18.2 Å². The van der Waals surface area contributed by atoms with Crippen LogP contribution in [0.25, 0.3) is 0 Å². The first-order chi connectivity index (χ1) is 13.6. The fourth-order valence-corrected chi connectivity index (χ4v) is 4.80. The minimum atomic E-state index is -0.585. The molecule has 0 aromatic heterocycles. The second-order valence-electron chi connectivity index (χ2n) is 7.71. The molecule has 1 amide bonds. The van der Waals surface area contributed by atoms with E-state index in [0.717, 1.165) is 19.0 Å². The Kier molecular flexibility index (Phi) is 5.42. The van der Waals surface area contributed by atoms with Crippen molar-refractivity contribution in [1.29, 1.82) is 0 Å². The Morgan fingerprint density at radius 3 is 2.61 bits per heavy atom. The van der Waals surface area contributed by atoms with Gasteiger partial charge in [-0.15, -0.1) is 0 Å². The zero-order valence-corrected chi connectivity index (χ0v) is 15.6. The number of piperidine rings is 1. The van der Waals surface area contributed by atoms with Crippen LogP contribution in [0.1, 0.15) is 23.5 Å². The summed E-state index contributed by atoms with van der Waals surface area (Å²) in [7, 11) is 0. The Morgan fingerprint density at radius 1 is 1.11 bits per heavy atom. The maximum Gasteiger partial charge on any atom is 0.248 e. The predicted octanol–water partition coefficient (Wildman–Crippen LogP) is 2.77. The normalized spacial score (nSPS) is 25.0. The summed E-state index contributed by atoms with van der Waals surface area (Å²) in [6.07, 6.45) is 0.780. The molecule has 2 saturated heterocycles. The molecule has 28 heavy (non-hydrogen) atoms. The van der Waals surface area contributed by atoms with Crippen LogP contribution in [0.5, 0.6) is 0 Å². The number of nitrogens with zero attached hydrogens (tertiary/aromatic N) is 2. The highest BCUT2D eigenvalue weighted by Gasteiger charge is 2.46. The molecule has 0 bridgehead atoms. The molecule has 0 unspecified atom stereocenters. The summed E-state index contributed by atoms with van der Waals surface area (Å²) in [6.45, 7) is 1.98. The molecule has 0 radical (unpaired) electrons. The van der Waals surface area contributed by atoms with Gasteiger partial charge in [0.2, 0.25) is 5.91 Å². The van der Waals surface area contributed by atoms with Crippen LogP contribution in [0.4, 0.5) is 8.78 Å². The highest BCUT2D eigenvalue weighted by atomic mass is 19.1. The molecule has 0 spiro atoms. The quantitative estimate of drug-likeness (QED) is 0.879. The van der Waals surface area contributed by atoms with Crippen molar-refractivity contribution in [2.75, 3.05) is 26.2 Å². The van der Waals surface area contributed by atoms with E-state index in [1.165, 1.54) is 17.7 Å². The van der Waals surface area contributed by atoms with Crippen molar-refractivity contribution in [3.05, 3.63) is 71.3 Å². The number of carbonyl (C=O) groups is 1. The van der Waals surface area contributed by atoms with Crippen molar-refractivity contribution in [3.63, 3.8) is 0 Å². The van der Waals surface area contributed by atoms with Crippen molar-refractivity contribution < 1.29 is 18.7 Å². The van der Waals surface area contributed by atoms with Gasteiger partial charge in [0.05, 0.1) is 0 Å². The molecule has 3 atom stereocenters. The first kappa shape index (κ1) is 19.0. The summed E-state index contributed by atoms with van der Waals surface area (Å²) in [6, 6.07) is 14.1. The maximum absolute atomic E-state index is 14.6. The molecule has 148 valence electrons. The number of halogens is 2. The van der Waals surface area contributed by atoms with E-state index in [-0.39, 0.29) is 23.8 Å². The predicted molar refractivity (Wildman–Crippen MR) is 102 cm³/mol. The number of hydrogen-bond acceptors (Lipinski definition) is 3. The van der Waals surface area contributed by atoms with Gasteiger partial charge in [-0.3, -0.25) is 9.69 Å². The highest BCUT2D eigenvalue weighted by molar-refractivity contribution is 5.77. The summed E-state index contributed by atoms with van der Waals surface area (Å²) in [5.74, 6) is -1.48. The fraction of sp³-hybridized carbons (Fsp3) is 0.409. The van der Waals surface area contributed by atoms with Gasteiger partial charge in [-0.2, -0.15) is 0 Å². The zero-order valence-electron chi connectivity index (χ0n) is 15.6. The van der Waals surface area contributed by atoms with E-state index in [2.05, 4.69) is 17.0 Å². The van der Waals surface area contributed by atoms with Crippen LogP contribution in [0.15, 0.2) is 48.5 Å². The first-order valence-electron chi connectivity index (χ1n) is 9.68. The van der Waals surface area contributed by atoms with Gasteiger partial charge < -0.3 is 10.0 Å². The first-order valence-corrected chi connectivity index (χ1v) is 9.68. The smallest absolute Gasteiger partial charge is 0.248 e. The lowest BCUT2D eigenvalue weighted by Crippen LogP contribution is -2.49. The molecule has 4 nitrogen and oxygen atoms in total. The Morgan fingerprint density at radius 2 is 1.89 bits per heavy atom. The van der Waals surface area contributed by atoms with Crippen LogP contribution >= 0.6 is 0 Å². The average Bonchev–Trinajstić information content (AvgIpc) is 3.05. The number of fused-ring (bicyclic) bond motifs is 1. The van der Waals surface area contributed by atoms with Crippen LogP contribution < -0.4 is 0 Å². The molecule has 2 aliphatic rings. The van der Waals surface area contributed by atoms with Gasteiger partial charge in [0.15, 0.2) is 0 Å². The molecule has 0 aliphatic carbocycles. The molecular formula is C22H24F2N2O2. The van der Waals surface area contributed by atoms with Crippen LogP contribution in [0.3, 0.4) is 0 Å². The summed E-state index contributed by atoms with van der Waals surface area (Å²) in [5, 5.41) is 9.23. The zero-order chi connectivity index (χ0) is 19.7. The standard InChI is InChI=1S/C22H24F2N2O2/c23-16-6-7-17(20(24)10-16)18-12-26(11-15-4-2-1-3-5-15)21-8-9-25(13-19(18)21)22(28)14-27/h1-7,10,18-19,21,27H,8-9,11-14H2/t18-,19-,21-/m1/s1. The molecule has 2 aromatic carbocycles. The third-order valence-electron chi connectivity index (χ3n) is 6.12. The Bertz CT molecular complexity index is 846. The number of amides is 1. The highest BCUT2D eigenvalue weighted by Crippen LogP contribution is 2.43. The second-order valence-corrected chi connectivity index (χ2v) is 7.71. The van der Waals surface area contributed by atoms with Crippen molar-refractivity contribution >= 4 is 5.91 Å². The number of benzene rings is 2. The second kappa shape index (κ2) is 7.97. The molecule has 0 saturated carbocycles. The van der Waals surface area contributed by atoms with Crippen LogP contribution in [-0.4, -0.2) is 53.1 Å². The molecule has 1 N–H and O–H groups in total. The maximum atomic E-state index is 14.6. The Balaban J connectivity index is 1.63. The van der Waals surface area contributed by atoms with Crippen LogP contribution in [-0.2, 0) is 11.3 Å². The molecule has 2 aliphatic heterocycles. The van der Waals surface area contributed by atoms with Gasteiger partial charge in [-0.05, 0) is 23.6 Å². The van der Waals surface area contributed by atoms with E-state index in [1.54, 1.807) is 4.90 Å². The van der Waals surface area contributed by atoms with E-state index >= 15 is 0 Å². The summed E-state index contributed by atoms with van der Waals surface area (Å²) >= 11 is 0. The number of aliphatic hydroxyl groups excluding tert-OH is 1. The van der Waals surface area contributed by atoms with Crippen molar-refractivity contribution in [3.8, 4) is 0 Å². The van der Waals surface area contributed by atoms with Gasteiger partial charge in [-0.1, -0.05) is 36.4 Å². The minimum absolute atomic E-state index is 0.0490. The molecular weight excluding hydrogens is 362 g/mol. The van der Waals surface area contributed by atoms with E-state index < -0.39 is 18.2 Å². The number of hydrogen-bond donors (Lipinski definition) is 1. The van der Waals surface area contributed by atoms with Gasteiger partial charge in [-0.25, -0.2) is 8.78 Å². The van der Waals surface area contributed by atoms with Crippen molar-refractivity contribution in [2.45, 2.75) is 24.9 Å².